The molecule has 11 heteroatoms. The molecule has 0 aliphatic rings. The Balaban J connectivity index is 1.90. The molecule has 0 aliphatic carbocycles. The fourth-order valence-electron chi connectivity index (χ4n) is 2.19. The fourth-order valence-corrected chi connectivity index (χ4v) is 6.49. The third-order valence-corrected chi connectivity index (χ3v) is 7.57. The number of aryl methyl sites for hydroxylation is 1. The predicted molar refractivity (Wildman–Crippen MR) is 103 cm³/mol. The molecule has 0 atom stereocenters. The van der Waals surface area contributed by atoms with Crippen LogP contribution in [-0.4, -0.2) is 28.4 Å². The molecule has 0 unspecified atom stereocenters. The van der Waals surface area contributed by atoms with Crippen LogP contribution in [0, 0.1) is 0 Å². The van der Waals surface area contributed by atoms with E-state index >= 15 is 0 Å². The average Bonchev–Trinajstić information content (AvgIpc) is 3.08. The molecular formula is C14H16N4O3S4. The number of rotatable bonds is 6. The second-order valence-corrected chi connectivity index (χ2v) is 10.9. The maximum absolute atomic E-state index is 12.6. The van der Waals surface area contributed by atoms with Crippen LogP contribution in [0.4, 0.5) is 5.13 Å². The number of thiazole rings is 1. The number of aromatic nitrogens is 3. The minimum Gasteiger partial charge on any atom is -0.299 e. The van der Waals surface area contributed by atoms with Crippen molar-refractivity contribution in [3.8, 4) is 0 Å². The first-order valence-electron chi connectivity index (χ1n) is 7.46. The molecule has 1 aromatic carbocycles. The van der Waals surface area contributed by atoms with E-state index in [1.807, 2.05) is 20.8 Å². The Morgan fingerprint density at radius 2 is 2.04 bits per heavy atom. The number of nitrogens with zero attached hydrogens (tertiary/aromatic N) is 3. The number of hydrogen-bond acceptors (Lipinski definition) is 8. The second-order valence-electron chi connectivity index (χ2n) is 5.39. The van der Waals surface area contributed by atoms with Gasteiger partial charge >= 0.3 is 4.87 Å². The van der Waals surface area contributed by atoms with E-state index in [9.17, 15) is 13.2 Å². The zero-order chi connectivity index (χ0) is 18.2. The van der Waals surface area contributed by atoms with E-state index in [0.29, 0.717) is 20.8 Å². The van der Waals surface area contributed by atoms with Crippen LogP contribution in [0.25, 0.3) is 10.2 Å². The Labute approximate surface area is 157 Å². The summed E-state index contributed by atoms with van der Waals surface area (Å²) in [6, 6.07) is 4.67. The molecule has 0 saturated heterocycles. The van der Waals surface area contributed by atoms with Crippen molar-refractivity contribution in [1.29, 1.82) is 0 Å². The minimum absolute atomic E-state index is 0.0952. The summed E-state index contributed by atoms with van der Waals surface area (Å²) in [6.45, 7) is 6.48. The van der Waals surface area contributed by atoms with Crippen molar-refractivity contribution in [1.82, 2.24) is 14.8 Å². The summed E-state index contributed by atoms with van der Waals surface area (Å²) in [5, 5.41) is 8.41. The predicted octanol–water partition coefficient (Wildman–Crippen LogP) is 3.24. The summed E-state index contributed by atoms with van der Waals surface area (Å²) >= 11 is 3.76. The Morgan fingerprint density at radius 1 is 1.28 bits per heavy atom. The molecule has 1 N–H and O–H groups in total. The quantitative estimate of drug-likeness (QED) is 0.620. The molecule has 0 bridgehead atoms. The largest absolute Gasteiger partial charge is 0.308 e. The number of sulfonamides is 1. The lowest BCUT2D eigenvalue weighted by atomic mass is 10.3. The molecule has 0 amide bonds. The Hall–Kier alpha value is -1.43. The van der Waals surface area contributed by atoms with E-state index < -0.39 is 10.0 Å². The SMILES string of the molecule is CCn1c(=O)sc2cc(S(=O)(=O)Nc3nnc(SC(C)C)s3)ccc21. The number of anilines is 1. The van der Waals surface area contributed by atoms with Gasteiger partial charge in [-0.15, -0.1) is 10.2 Å². The molecule has 0 fully saturated rings. The highest BCUT2D eigenvalue weighted by atomic mass is 32.2. The summed E-state index contributed by atoms with van der Waals surface area (Å²) in [5.74, 6) is 0. The summed E-state index contributed by atoms with van der Waals surface area (Å²) in [5.41, 5.74) is 0.739. The minimum atomic E-state index is -3.79. The highest BCUT2D eigenvalue weighted by Gasteiger charge is 2.19. The lowest BCUT2D eigenvalue weighted by Crippen LogP contribution is -2.13. The van der Waals surface area contributed by atoms with Gasteiger partial charge in [-0.2, -0.15) is 0 Å². The Kier molecular flexibility index (Phi) is 5.19. The molecule has 25 heavy (non-hydrogen) atoms. The van der Waals surface area contributed by atoms with Crippen LogP contribution in [0.2, 0.25) is 0 Å². The number of thioether (sulfide) groups is 1. The van der Waals surface area contributed by atoms with E-state index in [4.69, 9.17) is 0 Å². The fraction of sp³-hybridized carbons (Fsp3) is 0.357. The smallest absolute Gasteiger partial charge is 0.299 e. The summed E-state index contributed by atoms with van der Waals surface area (Å²) in [7, 11) is -3.79. The molecule has 2 aromatic heterocycles. The molecule has 7 nitrogen and oxygen atoms in total. The van der Waals surface area contributed by atoms with E-state index in [1.54, 1.807) is 10.6 Å². The number of nitrogens with one attached hydrogen (secondary N) is 1. The van der Waals surface area contributed by atoms with Gasteiger partial charge in [-0.3, -0.25) is 14.1 Å². The monoisotopic (exact) mass is 416 g/mol. The van der Waals surface area contributed by atoms with Crippen molar-refractivity contribution >= 4 is 59.8 Å². The molecule has 2 heterocycles. The average molecular weight is 417 g/mol. The van der Waals surface area contributed by atoms with E-state index in [0.717, 1.165) is 16.9 Å². The highest BCUT2D eigenvalue weighted by Crippen LogP contribution is 2.30. The zero-order valence-electron chi connectivity index (χ0n) is 13.7. The van der Waals surface area contributed by atoms with Gasteiger partial charge in [0.1, 0.15) is 0 Å². The summed E-state index contributed by atoms with van der Waals surface area (Å²) in [6.07, 6.45) is 0. The Bertz CT molecular complexity index is 1070. The van der Waals surface area contributed by atoms with Crippen LogP contribution in [0.1, 0.15) is 20.8 Å². The van der Waals surface area contributed by atoms with Crippen molar-refractivity contribution in [2.24, 2.45) is 0 Å². The van der Waals surface area contributed by atoms with Gasteiger partial charge in [0.2, 0.25) is 5.13 Å². The van der Waals surface area contributed by atoms with E-state index in [-0.39, 0.29) is 14.9 Å². The zero-order valence-corrected chi connectivity index (χ0v) is 17.0. The van der Waals surface area contributed by atoms with Crippen molar-refractivity contribution in [2.75, 3.05) is 4.72 Å². The molecule has 0 radical (unpaired) electrons. The van der Waals surface area contributed by atoms with Crippen LogP contribution in [0.15, 0.2) is 32.2 Å². The molecule has 3 aromatic rings. The molecule has 0 saturated carbocycles. The van der Waals surface area contributed by atoms with Gasteiger partial charge in [0.15, 0.2) is 4.34 Å². The first kappa shape index (κ1) is 18.4. The van der Waals surface area contributed by atoms with Crippen LogP contribution in [0.3, 0.4) is 0 Å². The lowest BCUT2D eigenvalue weighted by Gasteiger charge is -2.05. The van der Waals surface area contributed by atoms with Gasteiger partial charge in [-0.05, 0) is 25.1 Å². The lowest BCUT2D eigenvalue weighted by molar-refractivity contribution is 0.601. The van der Waals surface area contributed by atoms with Gasteiger partial charge < -0.3 is 0 Å². The van der Waals surface area contributed by atoms with Gasteiger partial charge in [0.05, 0.1) is 15.1 Å². The molecule has 3 rings (SSSR count). The second kappa shape index (κ2) is 7.06. The van der Waals surface area contributed by atoms with Gasteiger partial charge in [0.25, 0.3) is 10.0 Å². The molecule has 0 spiro atoms. The van der Waals surface area contributed by atoms with Gasteiger partial charge in [-0.1, -0.05) is 48.3 Å². The van der Waals surface area contributed by atoms with Crippen LogP contribution < -0.4 is 9.60 Å². The maximum atomic E-state index is 12.6. The summed E-state index contributed by atoms with van der Waals surface area (Å²) in [4.78, 5) is 11.9. The van der Waals surface area contributed by atoms with Crippen LogP contribution >= 0.6 is 34.4 Å². The molecule has 134 valence electrons. The van der Waals surface area contributed by atoms with Crippen molar-refractivity contribution in [2.45, 2.75) is 41.8 Å². The van der Waals surface area contributed by atoms with Crippen molar-refractivity contribution < 1.29 is 8.42 Å². The third kappa shape index (κ3) is 3.89. The van der Waals surface area contributed by atoms with Crippen molar-refractivity contribution in [3.05, 3.63) is 27.9 Å². The summed E-state index contributed by atoms with van der Waals surface area (Å²) < 4.78 is 30.6. The van der Waals surface area contributed by atoms with E-state index in [1.165, 1.54) is 35.2 Å². The van der Waals surface area contributed by atoms with Crippen LogP contribution in [-0.2, 0) is 16.6 Å². The van der Waals surface area contributed by atoms with Crippen molar-refractivity contribution in [3.63, 3.8) is 0 Å². The highest BCUT2D eigenvalue weighted by molar-refractivity contribution is 8.01. The molecular weight excluding hydrogens is 400 g/mol. The first-order chi connectivity index (χ1) is 11.8. The van der Waals surface area contributed by atoms with E-state index in [2.05, 4.69) is 14.9 Å². The standard InChI is InChI=1S/C14H16N4O3S4/c1-4-18-10-6-5-9(7-11(10)23-14(18)19)25(20,21)17-12-15-16-13(24-12)22-8(2)3/h5-8H,4H2,1-3H3,(H,15,17). The van der Waals surface area contributed by atoms with Gasteiger partial charge in [0, 0.05) is 11.8 Å². The number of hydrogen-bond donors (Lipinski definition) is 1. The normalized spacial score (nSPS) is 12.2. The third-order valence-electron chi connectivity index (χ3n) is 3.23. The van der Waals surface area contributed by atoms with Gasteiger partial charge in [-0.25, -0.2) is 8.42 Å². The van der Waals surface area contributed by atoms with Crippen LogP contribution in [0.5, 0.6) is 0 Å². The Morgan fingerprint density at radius 3 is 2.72 bits per heavy atom. The maximum Gasteiger partial charge on any atom is 0.308 e. The number of fused-ring (bicyclic) bond motifs is 1. The molecule has 0 aliphatic heterocycles. The first-order valence-corrected chi connectivity index (χ1v) is 11.5. The topological polar surface area (TPSA) is 94.0 Å². The number of benzene rings is 1.